The van der Waals surface area contributed by atoms with E-state index in [9.17, 15) is 18.4 Å². The van der Waals surface area contributed by atoms with E-state index in [-0.39, 0.29) is 12.1 Å². The second kappa shape index (κ2) is 9.64. The molecule has 186 valence electrons. The first-order chi connectivity index (χ1) is 16.1. The van der Waals surface area contributed by atoms with Gasteiger partial charge in [0.2, 0.25) is 0 Å². The minimum atomic E-state index is -4.34. The van der Waals surface area contributed by atoms with E-state index in [1.54, 1.807) is 31.4 Å². The molecule has 2 heterocycles. The maximum atomic E-state index is 13.9. The molecule has 0 bridgehead atoms. The summed E-state index contributed by atoms with van der Waals surface area (Å²) in [5.74, 6) is 0.922. The Labute approximate surface area is 198 Å². The molecule has 1 saturated heterocycles. The van der Waals surface area contributed by atoms with E-state index in [2.05, 4.69) is 5.32 Å². The predicted octanol–water partition coefficient (Wildman–Crippen LogP) is 3.93. The van der Waals surface area contributed by atoms with Gasteiger partial charge in [0.05, 0.1) is 7.11 Å². The summed E-state index contributed by atoms with van der Waals surface area (Å²) in [6.07, 6.45) is -2.79. The number of rotatable bonds is 7. The number of nitrogens with one attached hydrogen (secondary N) is 1. The molecule has 2 aliphatic heterocycles. The van der Waals surface area contributed by atoms with Gasteiger partial charge in [0.15, 0.2) is 5.69 Å². The summed E-state index contributed by atoms with van der Waals surface area (Å²) < 4.78 is 53.0. The third-order valence-corrected chi connectivity index (χ3v) is 6.74. The van der Waals surface area contributed by atoms with Gasteiger partial charge in [0, 0.05) is 43.8 Å². The molecule has 4 N–H and O–H groups in total. The SMILES string of the molecule is COc1ccc(CNC(C2CCN(c3cc4c(cc3[NH2+]O)CC(C)(C)O4)CC2)C(F)(F)F)cc1. The lowest BCUT2D eigenvalue weighted by Gasteiger charge is -2.38. The number of fused-ring (bicyclic) bond motifs is 1. The lowest BCUT2D eigenvalue weighted by Crippen LogP contribution is -2.74. The zero-order valence-electron chi connectivity index (χ0n) is 19.8. The molecule has 0 spiro atoms. The predicted molar refractivity (Wildman–Crippen MR) is 123 cm³/mol. The Balaban J connectivity index is 1.43. The Bertz CT molecular complexity index is 987. The summed E-state index contributed by atoms with van der Waals surface area (Å²) in [4.78, 5) is 2.05. The molecule has 9 heteroatoms. The third-order valence-electron chi connectivity index (χ3n) is 6.74. The summed E-state index contributed by atoms with van der Waals surface area (Å²) in [5.41, 5.74) is 4.04. The van der Waals surface area contributed by atoms with Gasteiger partial charge >= 0.3 is 6.18 Å². The first-order valence-electron chi connectivity index (χ1n) is 11.6. The average molecular weight is 481 g/mol. The number of anilines is 1. The minimum absolute atomic E-state index is 0.135. The van der Waals surface area contributed by atoms with Crippen LogP contribution >= 0.6 is 0 Å². The summed E-state index contributed by atoms with van der Waals surface area (Å²) in [6, 6.07) is 9.28. The highest BCUT2D eigenvalue weighted by atomic mass is 19.4. The van der Waals surface area contributed by atoms with Crippen LogP contribution in [-0.4, -0.2) is 43.2 Å². The van der Waals surface area contributed by atoms with Crippen LogP contribution in [0.1, 0.15) is 37.8 Å². The van der Waals surface area contributed by atoms with Crippen LogP contribution in [0.2, 0.25) is 0 Å². The van der Waals surface area contributed by atoms with Gasteiger partial charge in [-0.2, -0.15) is 18.7 Å². The number of nitrogens with zero attached hydrogens (tertiary/aromatic N) is 1. The Morgan fingerprint density at radius 3 is 2.47 bits per heavy atom. The lowest BCUT2D eigenvalue weighted by molar-refractivity contribution is -0.825. The molecule has 2 aliphatic rings. The second-order valence-electron chi connectivity index (χ2n) is 9.76. The summed E-state index contributed by atoms with van der Waals surface area (Å²) in [5, 5.41) is 12.6. The third kappa shape index (κ3) is 5.42. The smallest absolute Gasteiger partial charge is 0.404 e. The van der Waals surface area contributed by atoms with Gasteiger partial charge < -0.3 is 19.7 Å². The number of hydrogen-bond donors (Lipinski definition) is 3. The van der Waals surface area contributed by atoms with Crippen molar-refractivity contribution in [2.75, 3.05) is 25.1 Å². The van der Waals surface area contributed by atoms with Crippen molar-refractivity contribution in [3.8, 4) is 11.5 Å². The molecule has 0 aliphatic carbocycles. The maximum absolute atomic E-state index is 13.9. The van der Waals surface area contributed by atoms with Gasteiger partial charge in [0.25, 0.3) is 0 Å². The fourth-order valence-corrected chi connectivity index (χ4v) is 5.03. The zero-order valence-corrected chi connectivity index (χ0v) is 19.8. The number of halogens is 3. The molecule has 34 heavy (non-hydrogen) atoms. The average Bonchev–Trinajstić information content (AvgIpc) is 3.11. The molecule has 0 radical (unpaired) electrons. The van der Waals surface area contributed by atoms with Crippen molar-refractivity contribution in [2.24, 2.45) is 5.92 Å². The largest absolute Gasteiger partial charge is 0.497 e. The van der Waals surface area contributed by atoms with Crippen LogP contribution in [0, 0.1) is 5.92 Å². The van der Waals surface area contributed by atoms with Gasteiger partial charge in [-0.05, 0) is 50.3 Å². The molecule has 2 aromatic carbocycles. The van der Waals surface area contributed by atoms with Crippen molar-refractivity contribution in [3.05, 3.63) is 47.5 Å². The Morgan fingerprint density at radius 1 is 1.21 bits per heavy atom. The van der Waals surface area contributed by atoms with Gasteiger partial charge in [0.1, 0.15) is 28.8 Å². The number of hydrogen-bond acceptors (Lipinski definition) is 5. The minimum Gasteiger partial charge on any atom is -0.497 e. The fourth-order valence-electron chi connectivity index (χ4n) is 5.03. The zero-order chi connectivity index (χ0) is 24.5. The molecule has 1 atom stereocenters. The van der Waals surface area contributed by atoms with Crippen LogP contribution in [0.3, 0.4) is 0 Å². The fraction of sp³-hybridized carbons (Fsp3) is 0.520. The van der Waals surface area contributed by atoms with Gasteiger partial charge in [-0.1, -0.05) is 12.1 Å². The van der Waals surface area contributed by atoms with Gasteiger partial charge in [-0.25, -0.2) is 5.21 Å². The van der Waals surface area contributed by atoms with Gasteiger partial charge in [-0.3, -0.25) is 0 Å². The Hall–Kier alpha value is -2.49. The molecule has 6 nitrogen and oxygen atoms in total. The van der Waals surface area contributed by atoms with E-state index in [0.29, 0.717) is 37.4 Å². The van der Waals surface area contributed by atoms with E-state index in [0.717, 1.165) is 34.5 Å². The molecule has 2 aromatic rings. The van der Waals surface area contributed by atoms with Crippen LogP contribution in [0.4, 0.5) is 24.5 Å². The highest BCUT2D eigenvalue weighted by Crippen LogP contribution is 2.41. The molecule has 1 unspecified atom stereocenters. The molecule has 0 aromatic heterocycles. The summed E-state index contributed by atoms with van der Waals surface area (Å²) in [7, 11) is 1.55. The standard InChI is InChI=1S/C25H32F3N3O3/c1-24(2)14-18-12-20(30-32)21(13-22(18)34-24)31-10-8-17(9-11-31)23(25(26,27)28)29-15-16-4-6-19(33-3)7-5-16/h4-7,12-13,17,23,29-30,32H,8-11,14-15H2,1-3H3/p+1. The van der Waals surface area contributed by atoms with Crippen LogP contribution in [0.15, 0.2) is 36.4 Å². The quantitative estimate of drug-likeness (QED) is 0.414. The number of piperidine rings is 1. The summed E-state index contributed by atoms with van der Waals surface area (Å²) >= 11 is 0. The van der Waals surface area contributed by atoms with Crippen molar-refractivity contribution in [1.29, 1.82) is 0 Å². The number of nitrogens with two attached hydrogens (primary N) is 1. The topological polar surface area (TPSA) is 70.6 Å². The number of methoxy groups -OCH3 is 1. The van der Waals surface area contributed by atoms with E-state index in [4.69, 9.17) is 9.47 Å². The van der Waals surface area contributed by atoms with Crippen LogP contribution in [0.5, 0.6) is 11.5 Å². The molecule has 4 rings (SSSR count). The van der Waals surface area contributed by atoms with Gasteiger partial charge in [-0.15, -0.1) is 0 Å². The lowest BCUT2D eigenvalue weighted by atomic mass is 9.88. The number of alkyl halides is 3. The molecule has 0 saturated carbocycles. The van der Waals surface area contributed by atoms with Crippen LogP contribution < -0.4 is 25.2 Å². The second-order valence-corrected chi connectivity index (χ2v) is 9.76. The molecular weight excluding hydrogens is 447 g/mol. The Morgan fingerprint density at radius 2 is 1.88 bits per heavy atom. The highest BCUT2D eigenvalue weighted by Gasteiger charge is 2.45. The molecule has 0 amide bonds. The summed E-state index contributed by atoms with van der Waals surface area (Å²) in [6.45, 7) is 5.11. The van der Waals surface area contributed by atoms with E-state index < -0.39 is 18.1 Å². The first-order valence-corrected chi connectivity index (χ1v) is 11.6. The van der Waals surface area contributed by atoms with Crippen molar-refractivity contribution in [2.45, 2.75) is 57.5 Å². The number of benzene rings is 2. The van der Waals surface area contributed by atoms with E-state index in [1.807, 2.05) is 30.9 Å². The van der Waals surface area contributed by atoms with Crippen molar-refractivity contribution < 1.29 is 33.3 Å². The Kier molecular flexibility index (Phi) is 6.98. The maximum Gasteiger partial charge on any atom is 0.404 e. The molecule has 1 fully saturated rings. The molecular formula is C25H33F3N3O3+. The monoisotopic (exact) mass is 480 g/mol. The van der Waals surface area contributed by atoms with Crippen molar-refractivity contribution in [1.82, 2.24) is 5.32 Å². The first kappa shape index (κ1) is 24.6. The van der Waals surface area contributed by atoms with Crippen LogP contribution in [-0.2, 0) is 13.0 Å². The highest BCUT2D eigenvalue weighted by molar-refractivity contribution is 5.68. The van der Waals surface area contributed by atoms with Crippen LogP contribution in [0.25, 0.3) is 0 Å². The number of ether oxygens (including phenoxy) is 2. The van der Waals surface area contributed by atoms with Crippen molar-refractivity contribution >= 4 is 11.4 Å². The number of quaternary nitrogens is 1. The van der Waals surface area contributed by atoms with E-state index >= 15 is 0 Å². The van der Waals surface area contributed by atoms with E-state index in [1.165, 1.54) is 0 Å². The van der Waals surface area contributed by atoms with Crippen molar-refractivity contribution in [3.63, 3.8) is 0 Å². The normalized spacial score (nSPS) is 19.0.